The normalized spacial score (nSPS) is 10.9. The molecular formula is C20H18N6O. The second-order valence-corrected chi connectivity index (χ2v) is 6.16. The third-order valence-corrected chi connectivity index (χ3v) is 4.33. The van der Waals surface area contributed by atoms with E-state index >= 15 is 0 Å². The molecule has 27 heavy (non-hydrogen) atoms. The minimum absolute atomic E-state index is 0.591. The SMILES string of the molecule is CCc1c(C)noc1-c1cnc(-c2ccncc2)nc1-c1cnc(C)cn1. The van der Waals surface area contributed by atoms with Crippen LogP contribution in [0.3, 0.4) is 0 Å². The second-order valence-electron chi connectivity index (χ2n) is 6.16. The van der Waals surface area contributed by atoms with Gasteiger partial charge in [-0.3, -0.25) is 15.0 Å². The van der Waals surface area contributed by atoms with E-state index in [-0.39, 0.29) is 0 Å². The van der Waals surface area contributed by atoms with Crippen molar-refractivity contribution in [2.45, 2.75) is 27.2 Å². The fourth-order valence-corrected chi connectivity index (χ4v) is 2.91. The average molecular weight is 358 g/mol. The molecule has 0 saturated heterocycles. The Balaban J connectivity index is 1.94. The lowest BCUT2D eigenvalue weighted by Crippen LogP contribution is -1.99. The smallest absolute Gasteiger partial charge is 0.174 e. The number of hydrogen-bond acceptors (Lipinski definition) is 7. The highest BCUT2D eigenvalue weighted by atomic mass is 16.5. The molecule has 7 heteroatoms. The van der Waals surface area contributed by atoms with Crippen molar-refractivity contribution in [2.24, 2.45) is 0 Å². The Morgan fingerprint density at radius 1 is 0.963 bits per heavy atom. The minimum atomic E-state index is 0.591. The Morgan fingerprint density at radius 3 is 2.48 bits per heavy atom. The van der Waals surface area contributed by atoms with Gasteiger partial charge in [-0.15, -0.1) is 0 Å². The van der Waals surface area contributed by atoms with E-state index in [9.17, 15) is 0 Å². The predicted molar refractivity (Wildman–Crippen MR) is 101 cm³/mol. The van der Waals surface area contributed by atoms with Crippen LogP contribution < -0.4 is 0 Å². The lowest BCUT2D eigenvalue weighted by Gasteiger charge is -2.09. The monoisotopic (exact) mass is 358 g/mol. The molecule has 0 atom stereocenters. The van der Waals surface area contributed by atoms with Crippen molar-refractivity contribution >= 4 is 0 Å². The van der Waals surface area contributed by atoms with Crippen LogP contribution in [0.1, 0.15) is 23.9 Å². The lowest BCUT2D eigenvalue weighted by molar-refractivity contribution is 0.426. The molecule has 0 radical (unpaired) electrons. The van der Waals surface area contributed by atoms with E-state index < -0.39 is 0 Å². The predicted octanol–water partition coefficient (Wildman–Crippen LogP) is 3.83. The van der Waals surface area contributed by atoms with Gasteiger partial charge in [0.15, 0.2) is 11.6 Å². The summed E-state index contributed by atoms with van der Waals surface area (Å²) in [5.41, 5.74) is 5.70. The van der Waals surface area contributed by atoms with Gasteiger partial charge in [-0.1, -0.05) is 12.1 Å². The van der Waals surface area contributed by atoms with E-state index in [2.05, 4.69) is 32.0 Å². The molecule has 0 N–H and O–H groups in total. The number of nitrogens with zero attached hydrogens (tertiary/aromatic N) is 6. The van der Waals surface area contributed by atoms with E-state index in [1.807, 2.05) is 26.0 Å². The Hall–Kier alpha value is -3.48. The van der Waals surface area contributed by atoms with Crippen LogP contribution in [-0.2, 0) is 6.42 Å². The van der Waals surface area contributed by atoms with Crippen molar-refractivity contribution in [3.63, 3.8) is 0 Å². The van der Waals surface area contributed by atoms with Crippen molar-refractivity contribution in [3.05, 3.63) is 60.1 Å². The maximum absolute atomic E-state index is 5.62. The largest absolute Gasteiger partial charge is 0.356 e. The molecule has 0 unspecified atom stereocenters. The molecule has 0 fully saturated rings. The minimum Gasteiger partial charge on any atom is -0.356 e. The van der Waals surface area contributed by atoms with Crippen LogP contribution in [0.4, 0.5) is 0 Å². The highest BCUT2D eigenvalue weighted by Gasteiger charge is 2.21. The zero-order valence-corrected chi connectivity index (χ0v) is 15.3. The van der Waals surface area contributed by atoms with E-state index in [4.69, 9.17) is 9.51 Å². The van der Waals surface area contributed by atoms with E-state index in [1.165, 1.54) is 0 Å². The van der Waals surface area contributed by atoms with Gasteiger partial charge in [-0.05, 0) is 32.4 Å². The van der Waals surface area contributed by atoms with Crippen LogP contribution in [0.2, 0.25) is 0 Å². The zero-order valence-electron chi connectivity index (χ0n) is 15.3. The number of hydrogen-bond donors (Lipinski definition) is 0. The van der Waals surface area contributed by atoms with Crippen LogP contribution in [0.5, 0.6) is 0 Å². The molecule has 4 rings (SSSR count). The van der Waals surface area contributed by atoms with Crippen LogP contribution in [0.25, 0.3) is 34.1 Å². The molecular weight excluding hydrogens is 340 g/mol. The maximum Gasteiger partial charge on any atom is 0.174 e. The van der Waals surface area contributed by atoms with Crippen LogP contribution in [0.15, 0.2) is 47.6 Å². The second kappa shape index (κ2) is 7.03. The molecule has 0 aromatic carbocycles. The van der Waals surface area contributed by atoms with Gasteiger partial charge in [0.25, 0.3) is 0 Å². The summed E-state index contributed by atoms with van der Waals surface area (Å²) in [6.45, 7) is 5.90. The Kier molecular flexibility index (Phi) is 4.42. The fourth-order valence-electron chi connectivity index (χ4n) is 2.91. The van der Waals surface area contributed by atoms with Gasteiger partial charge in [0.1, 0.15) is 11.4 Å². The van der Waals surface area contributed by atoms with Gasteiger partial charge in [0.2, 0.25) is 0 Å². The summed E-state index contributed by atoms with van der Waals surface area (Å²) in [7, 11) is 0. The first-order valence-electron chi connectivity index (χ1n) is 8.69. The van der Waals surface area contributed by atoms with E-state index in [0.29, 0.717) is 23.0 Å². The highest BCUT2D eigenvalue weighted by Crippen LogP contribution is 2.34. The third kappa shape index (κ3) is 3.19. The fraction of sp³-hybridized carbons (Fsp3) is 0.200. The number of rotatable bonds is 4. The summed E-state index contributed by atoms with van der Waals surface area (Å²) < 4.78 is 5.62. The Bertz CT molecular complexity index is 1070. The maximum atomic E-state index is 5.62. The van der Waals surface area contributed by atoms with Gasteiger partial charge >= 0.3 is 0 Å². The van der Waals surface area contributed by atoms with Gasteiger partial charge < -0.3 is 4.52 Å². The molecule has 0 aliphatic heterocycles. The van der Waals surface area contributed by atoms with Crippen LogP contribution in [-0.4, -0.2) is 30.1 Å². The molecule has 0 saturated carbocycles. The molecule has 7 nitrogen and oxygen atoms in total. The topological polar surface area (TPSA) is 90.5 Å². The summed E-state index contributed by atoms with van der Waals surface area (Å²) in [6.07, 6.45) is 9.43. The molecule has 4 aromatic rings. The molecule has 0 aliphatic rings. The summed E-state index contributed by atoms with van der Waals surface area (Å²) in [4.78, 5) is 22.2. The Labute approximate surface area is 156 Å². The van der Waals surface area contributed by atoms with Gasteiger partial charge in [-0.25, -0.2) is 9.97 Å². The van der Waals surface area contributed by atoms with Crippen LogP contribution in [0, 0.1) is 13.8 Å². The number of aromatic nitrogens is 6. The summed E-state index contributed by atoms with van der Waals surface area (Å²) in [5.74, 6) is 1.27. The highest BCUT2D eigenvalue weighted by molar-refractivity contribution is 5.78. The van der Waals surface area contributed by atoms with Crippen molar-refractivity contribution in [3.8, 4) is 34.1 Å². The molecule has 0 aliphatic carbocycles. The standard InChI is InChI=1S/C20H18N6O/c1-4-15-13(3)26-27-19(15)16-10-24-20(14-5-7-21-8-6-14)25-18(16)17-11-22-12(2)9-23-17/h5-11H,4H2,1-3H3. The first-order chi connectivity index (χ1) is 13.2. The molecule has 134 valence electrons. The van der Waals surface area contributed by atoms with Crippen molar-refractivity contribution in [1.82, 2.24) is 30.1 Å². The molecule has 4 heterocycles. The van der Waals surface area contributed by atoms with Gasteiger partial charge in [-0.2, -0.15) is 0 Å². The zero-order chi connectivity index (χ0) is 18.8. The molecule has 4 aromatic heterocycles. The summed E-state index contributed by atoms with van der Waals surface area (Å²) in [6, 6.07) is 3.74. The van der Waals surface area contributed by atoms with Crippen molar-refractivity contribution in [1.29, 1.82) is 0 Å². The van der Waals surface area contributed by atoms with Crippen LogP contribution >= 0.6 is 0 Å². The number of aryl methyl sites for hydroxylation is 2. The first kappa shape index (κ1) is 17.0. The van der Waals surface area contributed by atoms with Crippen molar-refractivity contribution in [2.75, 3.05) is 0 Å². The summed E-state index contributed by atoms with van der Waals surface area (Å²) >= 11 is 0. The Morgan fingerprint density at radius 2 is 1.78 bits per heavy atom. The lowest BCUT2D eigenvalue weighted by atomic mass is 10.0. The van der Waals surface area contributed by atoms with Crippen molar-refractivity contribution < 1.29 is 4.52 Å². The summed E-state index contributed by atoms with van der Waals surface area (Å²) in [5, 5.41) is 4.12. The van der Waals surface area contributed by atoms with E-state index in [1.54, 1.807) is 31.0 Å². The number of pyridine rings is 1. The quantitative estimate of drug-likeness (QED) is 0.547. The molecule has 0 bridgehead atoms. The molecule has 0 amide bonds. The van der Waals surface area contributed by atoms with Gasteiger partial charge in [0, 0.05) is 35.9 Å². The van der Waals surface area contributed by atoms with E-state index in [0.717, 1.165) is 34.5 Å². The third-order valence-electron chi connectivity index (χ3n) is 4.33. The van der Waals surface area contributed by atoms with Gasteiger partial charge in [0.05, 0.1) is 23.1 Å². The first-order valence-corrected chi connectivity index (χ1v) is 8.69. The average Bonchev–Trinajstić information content (AvgIpc) is 3.09. The molecule has 0 spiro atoms.